The first kappa shape index (κ1) is 21.4. The van der Waals surface area contributed by atoms with Gasteiger partial charge in [-0.25, -0.2) is 9.97 Å². The number of benzene rings is 1. The number of oxazole rings is 1. The van der Waals surface area contributed by atoms with Crippen LogP contribution in [0.4, 0.5) is 5.13 Å². The van der Waals surface area contributed by atoms with E-state index in [0.717, 1.165) is 22.0 Å². The number of aromatic hydroxyl groups is 1. The number of hydrogen-bond donors (Lipinski definition) is 2. The molecule has 2 N–H and O–H groups in total. The van der Waals surface area contributed by atoms with Crippen molar-refractivity contribution >= 4 is 34.1 Å². The minimum Gasteiger partial charge on any atom is -0.508 e. The summed E-state index contributed by atoms with van der Waals surface area (Å²) in [6.45, 7) is 6.50. The van der Waals surface area contributed by atoms with Crippen molar-refractivity contribution in [2.24, 2.45) is 5.41 Å². The Bertz CT molecular complexity index is 960. The lowest BCUT2D eigenvalue weighted by Crippen LogP contribution is -2.11. The third-order valence-corrected chi connectivity index (χ3v) is 6.02. The maximum atomic E-state index is 12.1. The molecule has 29 heavy (non-hydrogen) atoms. The predicted octanol–water partition coefficient (Wildman–Crippen LogP) is 5.29. The van der Waals surface area contributed by atoms with E-state index < -0.39 is 0 Å². The summed E-state index contributed by atoms with van der Waals surface area (Å²) in [6, 6.07) is 6.94. The van der Waals surface area contributed by atoms with Gasteiger partial charge in [0.15, 0.2) is 5.13 Å². The van der Waals surface area contributed by atoms with Crippen molar-refractivity contribution in [3.05, 3.63) is 53.9 Å². The lowest BCUT2D eigenvalue weighted by molar-refractivity contribution is -0.116. The Morgan fingerprint density at radius 2 is 2.10 bits per heavy atom. The summed E-state index contributed by atoms with van der Waals surface area (Å²) in [5.41, 5.74) is 1.09. The molecule has 2 heterocycles. The van der Waals surface area contributed by atoms with Gasteiger partial charge in [-0.2, -0.15) is 0 Å². The van der Waals surface area contributed by atoms with Gasteiger partial charge in [-0.3, -0.25) is 4.79 Å². The molecular formula is C21H25N3O3S2. The van der Waals surface area contributed by atoms with E-state index in [2.05, 4.69) is 36.1 Å². The Labute approximate surface area is 178 Å². The van der Waals surface area contributed by atoms with E-state index in [1.54, 1.807) is 42.4 Å². The van der Waals surface area contributed by atoms with Crippen LogP contribution in [0.1, 0.15) is 44.4 Å². The molecule has 0 radical (unpaired) electrons. The van der Waals surface area contributed by atoms with Crippen molar-refractivity contribution in [2.45, 2.75) is 50.0 Å². The second kappa shape index (κ2) is 9.45. The summed E-state index contributed by atoms with van der Waals surface area (Å²) in [5.74, 6) is 2.33. The van der Waals surface area contributed by atoms with Crippen LogP contribution < -0.4 is 5.32 Å². The smallest absolute Gasteiger partial charge is 0.226 e. The van der Waals surface area contributed by atoms with Crippen molar-refractivity contribution in [1.82, 2.24) is 9.97 Å². The van der Waals surface area contributed by atoms with Gasteiger partial charge < -0.3 is 14.8 Å². The maximum absolute atomic E-state index is 12.1. The average molecular weight is 432 g/mol. The number of hydrogen-bond acceptors (Lipinski definition) is 7. The fraction of sp³-hybridized carbons (Fsp3) is 0.381. The van der Waals surface area contributed by atoms with Crippen LogP contribution in [0.3, 0.4) is 0 Å². The summed E-state index contributed by atoms with van der Waals surface area (Å²) in [7, 11) is 0. The highest BCUT2D eigenvalue weighted by Gasteiger charge is 2.15. The number of aromatic nitrogens is 2. The van der Waals surface area contributed by atoms with E-state index in [0.29, 0.717) is 29.6 Å². The van der Waals surface area contributed by atoms with Crippen LogP contribution in [0.2, 0.25) is 0 Å². The number of amides is 1. The van der Waals surface area contributed by atoms with Crippen molar-refractivity contribution in [1.29, 1.82) is 0 Å². The Morgan fingerprint density at radius 1 is 1.28 bits per heavy atom. The normalized spacial score (nSPS) is 11.6. The number of phenols is 1. The number of phenolic OH excluding ortho intramolecular Hbond substituents is 1. The Balaban J connectivity index is 1.45. The molecule has 0 saturated carbocycles. The molecule has 3 aromatic rings. The van der Waals surface area contributed by atoms with E-state index in [1.165, 1.54) is 11.3 Å². The van der Waals surface area contributed by atoms with Gasteiger partial charge in [-0.15, -0.1) is 11.8 Å². The molecule has 0 unspecified atom stereocenters. The number of thiazole rings is 1. The third-order valence-electron chi connectivity index (χ3n) is 3.93. The Morgan fingerprint density at radius 3 is 2.86 bits per heavy atom. The number of thioether (sulfide) groups is 1. The Hall–Kier alpha value is -2.32. The molecule has 0 aliphatic heterocycles. The van der Waals surface area contributed by atoms with Crippen LogP contribution in [0.15, 0.2) is 45.3 Å². The van der Waals surface area contributed by atoms with Crippen LogP contribution in [0.25, 0.3) is 0 Å². The second-order valence-corrected chi connectivity index (χ2v) is 10.3. The van der Waals surface area contributed by atoms with Gasteiger partial charge in [0.1, 0.15) is 11.5 Å². The molecule has 1 aromatic carbocycles. The first-order valence-corrected chi connectivity index (χ1v) is 11.2. The zero-order valence-electron chi connectivity index (χ0n) is 16.8. The number of anilines is 1. The molecule has 0 atom stereocenters. The summed E-state index contributed by atoms with van der Waals surface area (Å²) >= 11 is 3.02. The molecular weight excluding hydrogens is 406 g/mol. The first-order chi connectivity index (χ1) is 13.8. The average Bonchev–Trinajstić information content (AvgIpc) is 3.26. The molecule has 154 valence electrons. The number of carbonyl (C=O) groups excluding carboxylic acids is 1. The van der Waals surface area contributed by atoms with Crippen LogP contribution in [-0.4, -0.2) is 21.0 Å². The standard InChI is InChI=1S/C21H25N3O3S2/c1-21(2,3)10-16-11-22-18(27-16)13-28-19-12-23-20(29-19)24-17(26)8-7-14-5-4-6-15(25)9-14/h4-6,9,11-12,25H,7-8,10,13H2,1-3H3,(H,23,24,26). The molecule has 0 fully saturated rings. The molecule has 8 heteroatoms. The van der Waals surface area contributed by atoms with Crippen molar-refractivity contribution in [3.8, 4) is 5.75 Å². The molecule has 6 nitrogen and oxygen atoms in total. The van der Waals surface area contributed by atoms with E-state index in [-0.39, 0.29) is 17.1 Å². The minimum atomic E-state index is -0.0984. The van der Waals surface area contributed by atoms with Crippen LogP contribution in [0.5, 0.6) is 5.75 Å². The van der Waals surface area contributed by atoms with E-state index in [1.807, 2.05) is 6.07 Å². The summed E-state index contributed by atoms with van der Waals surface area (Å²) in [4.78, 5) is 20.7. The van der Waals surface area contributed by atoms with E-state index >= 15 is 0 Å². The van der Waals surface area contributed by atoms with Gasteiger partial charge in [0.05, 0.1) is 22.4 Å². The zero-order chi connectivity index (χ0) is 20.9. The van der Waals surface area contributed by atoms with Crippen LogP contribution in [0, 0.1) is 5.41 Å². The van der Waals surface area contributed by atoms with Gasteiger partial charge in [0.25, 0.3) is 0 Å². The zero-order valence-corrected chi connectivity index (χ0v) is 18.4. The number of rotatable bonds is 8. The second-order valence-electron chi connectivity index (χ2n) is 7.95. The van der Waals surface area contributed by atoms with Crippen LogP contribution >= 0.6 is 23.1 Å². The van der Waals surface area contributed by atoms with Gasteiger partial charge in [0, 0.05) is 12.8 Å². The van der Waals surface area contributed by atoms with Gasteiger partial charge in [-0.1, -0.05) is 44.2 Å². The van der Waals surface area contributed by atoms with Gasteiger partial charge in [0.2, 0.25) is 11.8 Å². The molecule has 0 spiro atoms. The highest BCUT2D eigenvalue weighted by atomic mass is 32.2. The monoisotopic (exact) mass is 431 g/mol. The van der Waals surface area contributed by atoms with Crippen molar-refractivity contribution in [2.75, 3.05) is 5.32 Å². The predicted molar refractivity (Wildman–Crippen MR) is 116 cm³/mol. The lowest BCUT2D eigenvalue weighted by atomic mass is 9.91. The number of carbonyl (C=O) groups is 1. The fourth-order valence-corrected chi connectivity index (χ4v) is 4.43. The van der Waals surface area contributed by atoms with Crippen molar-refractivity contribution in [3.63, 3.8) is 0 Å². The minimum absolute atomic E-state index is 0.0984. The molecule has 1 amide bonds. The summed E-state index contributed by atoms with van der Waals surface area (Å²) < 4.78 is 6.79. The third kappa shape index (κ3) is 7.21. The molecule has 2 aromatic heterocycles. The quantitative estimate of drug-likeness (QED) is 0.471. The van der Waals surface area contributed by atoms with Crippen molar-refractivity contribution < 1.29 is 14.3 Å². The van der Waals surface area contributed by atoms with E-state index in [4.69, 9.17) is 4.42 Å². The van der Waals surface area contributed by atoms with Gasteiger partial charge >= 0.3 is 0 Å². The lowest BCUT2D eigenvalue weighted by Gasteiger charge is -2.15. The van der Waals surface area contributed by atoms with E-state index in [9.17, 15) is 9.90 Å². The molecule has 0 saturated heterocycles. The highest BCUT2D eigenvalue weighted by Crippen LogP contribution is 2.31. The first-order valence-electron chi connectivity index (χ1n) is 9.37. The largest absolute Gasteiger partial charge is 0.508 e. The van der Waals surface area contributed by atoms with Gasteiger partial charge in [-0.05, 0) is 29.5 Å². The molecule has 0 bridgehead atoms. The SMILES string of the molecule is CC(C)(C)Cc1cnc(CSc2cnc(NC(=O)CCc3cccc(O)c3)s2)o1. The Kier molecular flexibility index (Phi) is 6.97. The number of nitrogens with one attached hydrogen (secondary N) is 1. The fourth-order valence-electron chi connectivity index (χ4n) is 2.69. The van der Waals surface area contributed by atoms with Crippen LogP contribution in [-0.2, 0) is 23.4 Å². The molecule has 3 rings (SSSR count). The molecule has 0 aliphatic carbocycles. The number of nitrogens with zero attached hydrogens (tertiary/aromatic N) is 2. The summed E-state index contributed by atoms with van der Waals surface area (Å²) in [5, 5.41) is 12.9. The maximum Gasteiger partial charge on any atom is 0.226 e. The number of aryl methyl sites for hydroxylation is 1. The summed E-state index contributed by atoms with van der Waals surface area (Å²) in [6.07, 6.45) is 5.29. The highest BCUT2D eigenvalue weighted by molar-refractivity contribution is 8.00. The molecule has 0 aliphatic rings. The topological polar surface area (TPSA) is 88.2 Å².